The number of amides is 3. The lowest BCUT2D eigenvalue weighted by Gasteiger charge is -2.16. The summed E-state index contributed by atoms with van der Waals surface area (Å²) in [5, 5.41) is 5.17. The van der Waals surface area contributed by atoms with Gasteiger partial charge in [-0.15, -0.1) is 0 Å². The molecule has 0 bridgehead atoms. The molecule has 8 heteroatoms. The van der Waals surface area contributed by atoms with Crippen LogP contribution in [0.2, 0.25) is 0 Å². The predicted octanol–water partition coefficient (Wildman–Crippen LogP) is 3.36. The summed E-state index contributed by atoms with van der Waals surface area (Å²) in [5.74, 6) is -0.355. The number of carbonyl (C=O) groups is 2. The highest BCUT2D eigenvalue weighted by Crippen LogP contribution is 2.29. The molecule has 4 N–H and O–H groups in total. The summed E-state index contributed by atoms with van der Waals surface area (Å²) in [6, 6.07) is 10.1. The molecule has 0 heterocycles. The Labute approximate surface area is 148 Å². The van der Waals surface area contributed by atoms with E-state index in [9.17, 15) is 22.8 Å². The molecule has 1 atom stereocenters. The Morgan fingerprint density at radius 1 is 1.04 bits per heavy atom. The molecule has 3 amide bonds. The van der Waals surface area contributed by atoms with E-state index in [0.717, 1.165) is 17.7 Å². The molecule has 0 radical (unpaired) electrons. The summed E-state index contributed by atoms with van der Waals surface area (Å²) in [5.41, 5.74) is 5.98. The Morgan fingerprint density at radius 2 is 1.62 bits per heavy atom. The van der Waals surface area contributed by atoms with E-state index >= 15 is 0 Å². The maximum absolute atomic E-state index is 12.6. The molecule has 0 aliphatic heterocycles. The fourth-order valence-electron chi connectivity index (χ4n) is 2.29. The molecular formula is C18H18F3N3O2. The number of hydrogen-bond donors (Lipinski definition) is 3. The van der Waals surface area contributed by atoms with Crippen molar-refractivity contribution in [3.63, 3.8) is 0 Å². The molecule has 0 saturated carbocycles. The number of hydrogen-bond acceptors (Lipinski definition) is 2. The summed E-state index contributed by atoms with van der Waals surface area (Å²) >= 11 is 0. The third-order valence-electron chi connectivity index (χ3n) is 3.77. The summed E-state index contributed by atoms with van der Waals surface area (Å²) in [4.78, 5) is 22.9. The highest BCUT2D eigenvalue weighted by molar-refractivity contribution is 5.94. The van der Waals surface area contributed by atoms with Crippen molar-refractivity contribution in [2.45, 2.75) is 25.7 Å². The highest BCUT2D eigenvalue weighted by Gasteiger charge is 2.30. The zero-order valence-corrected chi connectivity index (χ0v) is 13.9. The first-order valence-corrected chi connectivity index (χ1v) is 7.77. The Kier molecular flexibility index (Phi) is 5.86. The SMILES string of the molecule is CC(NC(=O)c1ccc(CNC(N)=O)cc1)c1ccc(C(F)(F)F)cc1. The number of carbonyl (C=O) groups excluding carboxylic acids is 2. The topological polar surface area (TPSA) is 84.2 Å². The van der Waals surface area contributed by atoms with Crippen LogP contribution in [0.15, 0.2) is 48.5 Å². The van der Waals surface area contributed by atoms with E-state index in [4.69, 9.17) is 5.73 Å². The standard InChI is InChI=1S/C18H18F3N3O2/c1-11(13-6-8-15(9-7-13)18(19,20)21)24-16(25)14-4-2-12(3-5-14)10-23-17(22)26/h2-9,11H,10H2,1H3,(H,24,25)(H3,22,23,26). The molecule has 0 spiro atoms. The van der Waals surface area contributed by atoms with E-state index in [1.807, 2.05) is 0 Å². The fraction of sp³-hybridized carbons (Fsp3) is 0.222. The molecule has 0 saturated heterocycles. The average Bonchev–Trinajstić information content (AvgIpc) is 2.59. The Morgan fingerprint density at radius 3 is 2.12 bits per heavy atom. The van der Waals surface area contributed by atoms with Gasteiger partial charge < -0.3 is 16.4 Å². The molecule has 2 aromatic carbocycles. The zero-order valence-electron chi connectivity index (χ0n) is 13.9. The number of primary amides is 1. The third-order valence-corrected chi connectivity index (χ3v) is 3.77. The Bertz CT molecular complexity index is 772. The Balaban J connectivity index is 1.99. The quantitative estimate of drug-likeness (QED) is 0.759. The van der Waals surface area contributed by atoms with E-state index in [0.29, 0.717) is 11.1 Å². The first-order chi connectivity index (χ1) is 12.2. The summed E-state index contributed by atoms with van der Waals surface area (Å²) in [6.45, 7) is 1.94. The molecule has 2 rings (SSSR count). The van der Waals surface area contributed by atoms with Crippen molar-refractivity contribution in [2.75, 3.05) is 0 Å². The van der Waals surface area contributed by atoms with Gasteiger partial charge in [0.15, 0.2) is 0 Å². The molecular weight excluding hydrogens is 347 g/mol. The Hall–Kier alpha value is -3.03. The number of alkyl halides is 3. The van der Waals surface area contributed by atoms with E-state index in [1.165, 1.54) is 12.1 Å². The minimum atomic E-state index is -4.39. The first-order valence-electron chi connectivity index (χ1n) is 7.77. The van der Waals surface area contributed by atoms with Gasteiger partial charge in [-0.2, -0.15) is 13.2 Å². The van der Waals surface area contributed by atoms with Gasteiger partial charge in [-0.25, -0.2) is 4.79 Å². The molecule has 0 aliphatic carbocycles. The van der Waals surface area contributed by atoms with Crippen molar-refractivity contribution in [1.82, 2.24) is 10.6 Å². The van der Waals surface area contributed by atoms with E-state index in [1.54, 1.807) is 31.2 Å². The minimum absolute atomic E-state index is 0.249. The van der Waals surface area contributed by atoms with Gasteiger partial charge in [-0.05, 0) is 42.3 Å². The number of nitrogens with one attached hydrogen (secondary N) is 2. The molecule has 1 unspecified atom stereocenters. The van der Waals surface area contributed by atoms with Crippen LogP contribution in [-0.4, -0.2) is 11.9 Å². The smallest absolute Gasteiger partial charge is 0.352 e. The molecule has 5 nitrogen and oxygen atoms in total. The molecule has 0 aromatic heterocycles. The number of halogens is 3. The van der Waals surface area contributed by atoms with Gasteiger partial charge in [0.25, 0.3) is 5.91 Å². The van der Waals surface area contributed by atoms with Gasteiger partial charge in [-0.1, -0.05) is 24.3 Å². The van der Waals surface area contributed by atoms with E-state index < -0.39 is 23.8 Å². The summed E-state index contributed by atoms with van der Waals surface area (Å²) < 4.78 is 37.8. The highest BCUT2D eigenvalue weighted by atomic mass is 19.4. The molecule has 0 aliphatic rings. The van der Waals surface area contributed by atoms with Gasteiger partial charge in [0.05, 0.1) is 11.6 Å². The van der Waals surface area contributed by atoms with Gasteiger partial charge in [0, 0.05) is 12.1 Å². The maximum atomic E-state index is 12.6. The third kappa shape index (κ3) is 5.23. The number of nitrogens with two attached hydrogens (primary N) is 1. The van der Waals surface area contributed by atoms with Crippen LogP contribution in [0.1, 0.15) is 40.0 Å². The van der Waals surface area contributed by atoms with Crippen LogP contribution < -0.4 is 16.4 Å². The molecule has 26 heavy (non-hydrogen) atoms. The van der Waals surface area contributed by atoms with Crippen molar-refractivity contribution in [3.8, 4) is 0 Å². The monoisotopic (exact) mass is 365 g/mol. The molecule has 138 valence electrons. The molecule has 2 aromatic rings. The van der Waals surface area contributed by atoms with Crippen molar-refractivity contribution in [3.05, 3.63) is 70.8 Å². The second kappa shape index (κ2) is 7.90. The average molecular weight is 365 g/mol. The van der Waals surface area contributed by atoms with Crippen LogP contribution in [0.3, 0.4) is 0 Å². The van der Waals surface area contributed by atoms with Gasteiger partial charge in [0.1, 0.15) is 0 Å². The number of benzene rings is 2. The first kappa shape index (κ1) is 19.3. The van der Waals surface area contributed by atoms with Gasteiger partial charge >= 0.3 is 12.2 Å². The maximum Gasteiger partial charge on any atom is 0.416 e. The second-order valence-corrected chi connectivity index (χ2v) is 5.73. The van der Waals surface area contributed by atoms with Crippen molar-refractivity contribution in [1.29, 1.82) is 0 Å². The van der Waals surface area contributed by atoms with Gasteiger partial charge in [-0.3, -0.25) is 4.79 Å². The van der Waals surface area contributed by atoms with Crippen molar-refractivity contribution >= 4 is 11.9 Å². The minimum Gasteiger partial charge on any atom is -0.352 e. The lowest BCUT2D eigenvalue weighted by atomic mass is 10.0. The molecule has 0 fully saturated rings. The van der Waals surface area contributed by atoms with Crippen LogP contribution in [-0.2, 0) is 12.7 Å². The van der Waals surface area contributed by atoms with E-state index in [-0.39, 0.29) is 12.5 Å². The fourth-order valence-corrected chi connectivity index (χ4v) is 2.29. The largest absolute Gasteiger partial charge is 0.416 e. The lowest BCUT2D eigenvalue weighted by Crippen LogP contribution is -2.28. The number of urea groups is 1. The zero-order chi connectivity index (χ0) is 19.3. The van der Waals surface area contributed by atoms with Crippen molar-refractivity contribution in [2.24, 2.45) is 5.73 Å². The summed E-state index contributed by atoms with van der Waals surface area (Å²) in [7, 11) is 0. The van der Waals surface area contributed by atoms with Crippen LogP contribution in [0.4, 0.5) is 18.0 Å². The van der Waals surface area contributed by atoms with Crippen LogP contribution in [0.25, 0.3) is 0 Å². The van der Waals surface area contributed by atoms with Crippen LogP contribution in [0, 0.1) is 0 Å². The van der Waals surface area contributed by atoms with Gasteiger partial charge in [0.2, 0.25) is 0 Å². The van der Waals surface area contributed by atoms with Crippen molar-refractivity contribution < 1.29 is 22.8 Å². The van der Waals surface area contributed by atoms with Crippen LogP contribution >= 0.6 is 0 Å². The second-order valence-electron chi connectivity index (χ2n) is 5.73. The lowest BCUT2D eigenvalue weighted by molar-refractivity contribution is -0.137. The summed E-state index contributed by atoms with van der Waals surface area (Å²) in [6.07, 6.45) is -4.39. The van der Waals surface area contributed by atoms with E-state index in [2.05, 4.69) is 10.6 Å². The normalized spacial score (nSPS) is 12.3. The number of rotatable bonds is 5. The predicted molar refractivity (Wildman–Crippen MR) is 90.2 cm³/mol. The van der Waals surface area contributed by atoms with Crippen LogP contribution in [0.5, 0.6) is 0 Å².